The summed E-state index contributed by atoms with van der Waals surface area (Å²) in [4.78, 5) is 11.8. The number of carbonyl (C=O) groups is 1. The van der Waals surface area contributed by atoms with E-state index in [1.165, 1.54) is 6.20 Å². The summed E-state index contributed by atoms with van der Waals surface area (Å²) in [6, 6.07) is 7.31. The number of nitrogens with zero attached hydrogens (tertiary/aromatic N) is 5. The molecule has 2 aromatic heterocycles. The van der Waals surface area contributed by atoms with Crippen molar-refractivity contribution in [2.24, 2.45) is 7.05 Å². The van der Waals surface area contributed by atoms with Gasteiger partial charge in [-0.2, -0.15) is 15.4 Å². The van der Waals surface area contributed by atoms with E-state index in [2.05, 4.69) is 30.9 Å². The molecule has 0 aliphatic rings. The van der Waals surface area contributed by atoms with Gasteiger partial charge in [0.15, 0.2) is 11.5 Å². The van der Waals surface area contributed by atoms with Crippen molar-refractivity contribution in [1.29, 1.82) is 0 Å². The SMILES string of the molecule is Cn1cnnc1-c1ccc(NC(=O)c2cn[nH]n2)cc1. The van der Waals surface area contributed by atoms with Crippen LogP contribution in [0.15, 0.2) is 36.8 Å². The molecule has 0 spiro atoms. The van der Waals surface area contributed by atoms with Crippen molar-refractivity contribution < 1.29 is 4.79 Å². The van der Waals surface area contributed by atoms with Crippen LogP contribution in [0.25, 0.3) is 11.4 Å². The number of benzene rings is 1. The number of aryl methyl sites for hydroxylation is 1. The highest BCUT2D eigenvalue weighted by Crippen LogP contribution is 2.18. The largest absolute Gasteiger partial charge is 0.321 e. The standard InChI is InChI=1S/C12H11N7O/c1-19-7-14-17-11(19)8-2-4-9(5-3-8)15-12(20)10-6-13-18-16-10/h2-7H,1H3,(H,15,20)(H,13,16,18). The van der Waals surface area contributed by atoms with E-state index in [1.807, 2.05) is 23.7 Å². The molecule has 8 heteroatoms. The molecule has 0 radical (unpaired) electrons. The first kappa shape index (κ1) is 12.0. The first-order chi connectivity index (χ1) is 9.74. The van der Waals surface area contributed by atoms with Crippen LogP contribution in [0.1, 0.15) is 10.5 Å². The van der Waals surface area contributed by atoms with Crippen LogP contribution in [0.4, 0.5) is 5.69 Å². The third kappa shape index (κ3) is 2.26. The number of amides is 1. The lowest BCUT2D eigenvalue weighted by Gasteiger charge is -2.04. The molecule has 0 fully saturated rings. The van der Waals surface area contributed by atoms with E-state index in [0.29, 0.717) is 5.69 Å². The highest BCUT2D eigenvalue weighted by molar-refractivity contribution is 6.02. The van der Waals surface area contributed by atoms with Gasteiger partial charge in [0.25, 0.3) is 5.91 Å². The second kappa shape index (κ2) is 4.92. The highest BCUT2D eigenvalue weighted by Gasteiger charge is 2.09. The minimum Gasteiger partial charge on any atom is -0.321 e. The van der Waals surface area contributed by atoms with E-state index < -0.39 is 0 Å². The molecule has 1 aromatic carbocycles. The van der Waals surface area contributed by atoms with E-state index in [1.54, 1.807) is 18.5 Å². The number of H-pyrrole nitrogens is 1. The summed E-state index contributed by atoms with van der Waals surface area (Å²) < 4.78 is 1.82. The van der Waals surface area contributed by atoms with Crippen molar-refractivity contribution in [1.82, 2.24) is 30.2 Å². The van der Waals surface area contributed by atoms with Crippen molar-refractivity contribution in [3.8, 4) is 11.4 Å². The van der Waals surface area contributed by atoms with Crippen molar-refractivity contribution in [2.45, 2.75) is 0 Å². The topological polar surface area (TPSA) is 101 Å². The van der Waals surface area contributed by atoms with Gasteiger partial charge < -0.3 is 9.88 Å². The van der Waals surface area contributed by atoms with Crippen LogP contribution in [0.3, 0.4) is 0 Å². The van der Waals surface area contributed by atoms with Gasteiger partial charge in [-0.25, -0.2) is 0 Å². The normalized spacial score (nSPS) is 10.4. The summed E-state index contributed by atoms with van der Waals surface area (Å²) in [5, 5.41) is 20.3. The highest BCUT2D eigenvalue weighted by atomic mass is 16.2. The molecule has 2 N–H and O–H groups in total. The summed E-state index contributed by atoms with van der Waals surface area (Å²) in [5.74, 6) is 0.449. The van der Waals surface area contributed by atoms with Gasteiger partial charge in [-0.05, 0) is 24.3 Å². The first-order valence-corrected chi connectivity index (χ1v) is 5.85. The molecule has 8 nitrogen and oxygen atoms in total. The maximum Gasteiger partial charge on any atom is 0.277 e. The van der Waals surface area contributed by atoms with Gasteiger partial charge in [0.2, 0.25) is 0 Å². The number of hydrogen-bond acceptors (Lipinski definition) is 5. The summed E-state index contributed by atoms with van der Waals surface area (Å²) in [6.07, 6.45) is 3.00. The quantitative estimate of drug-likeness (QED) is 0.734. The fourth-order valence-corrected chi connectivity index (χ4v) is 1.75. The molecule has 0 atom stereocenters. The Bertz CT molecular complexity index is 715. The van der Waals surface area contributed by atoms with Gasteiger partial charge in [-0.1, -0.05) is 0 Å². The molecular weight excluding hydrogens is 258 g/mol. The molecule has 3 aromatic rings. The third-order valence-electron chi connectivity index (χ3n) is 2.76. The zero-order valence-corrected chi connectivity index (χ0v) is 10.6. The maximum atomic E-state index is 11.8. The van der Waals surface area contributed by atoms with Crippen molar-refractivity contribution in [3.63, 3.8) is 0 Å². The fourth-order valence-electron chi connectivity index (χ4n) is 1.75. The van der Waals surface area contributed by atoms with Gasteiger partial charge >= 0.3 is 0 Å². The Balaban J connectivity index is 1.77. The second-order valence-electron chi connectivity index (χ2n) is 4.15. The molecule has 0 saturated heterocycles. The monoisotopic (exact) mass is 269 g/mol. The zero-order chi connectivity index (χ0) is 13.9. The molecule has 0 bridgehead atoms. The van der Waals surface area contributed by atoms with E-state index in [0.717, 1.165) is 11.4 Å². The van der Waals surface area contributed by atoms with Gasteiger partial charge in [-0.15, -0.1) is 10.2 Å². The number of rotatable bonds is 3. The molecule has 0 unspecified atom stereocenters. The summed E-state index contributed by atoms with van der Waals surface area (Å²) >= 11 is 0. The number of aromatic nitrogens is 6. The number of aromatic amines is 1. The van der Waals surface area contributed by atoms with Gasteiger partial charge in [0, 0.05) is 18.3 Å². The van der Waals surface area contributed by atoms with Crippen LogP contribution in [0.5, 0.6) is 0 Å². The van der Waals surface area contributed by atoms with Crippen LogP contribution in [-0.2, 0) is 7.05 Å². The zero-order valence-electron chi connectivity index (χ0n) is 10.6. The van der Waals surface area contributed by atoms with Crippen LogP contribution in [0.2, 0.25) is 0 Å². The average molecular weight is 269 g/mol. The van der Waals surface area contributed by atoms with E-state index in [-0.39, 0.29) is 11.6 Å². The molecule has 1 amide bonds. The molecule has 3 rings (SSSR count). The third-order valence-corrected chi connectivity index (χ3v) is 2.76. The number of nitrogens with one attached hydrogen (secondary N) is 2. The molecule has 0 saturated carbocycles. The average Bonchev–Trinajstić information content (AvgIpc) is 3.11. The summed E-state index contributed by atoms with van der Waals surface area (Å²) in [6.45, 7) is 0. The predicted molar refractivity (Wildman–Crippen MR) is 70.8 cm³/mol. The van der Waals surface area contributed by atoms with Gasteiger partial charge in [0.05, 0.1) is 6.20 Å². The number of hydrogen-bond donors (Lipinski definition) is 2. The molecule has 100 valence electrons. The Morgan fingerprint density at radius 3 is 2.70 bits per heavy atom. The van der Waals surface area contributed by atoms with Crippen LogP contribution in [0, 0.1) is 0 Å². The Morgan fingerprint density at radius 1 is 1.30 bits per heavy atom. The van der Waals surface area contributed by atoms with Crippen LogP contribution in [-0.4, -0.2) is 36.1 Å². The minimum absolute atomic E-state index is 0.238. The van der Waals surface area contributed by atoms with Crippen molar-refractivity contribution >= 4 is 11.6 Å². The van der Waals surface area contributed by atoms with E-state index in [9.17, 15) is 4.79 Å². The Morgan fingerprint density at radius 2 is 2.10 bits per heavy atom. The van der Waals surface area contributed by atoms with Crippen molar-refractivity contribution in [3.05, 3.63) is 42.5 Å². The molecule has 2 heterocycles. The predicted octanol–water partition coefficient (Wildman–Crippen LogP) is 0.852. The maximum absolute atomic E-state index is 11.8. The van der Waals surface area contributed by atoms with Gasteiger partial charge in [-0.3, -0.25) is 4.79 Å². The molecule has 0 aliphatic heterocycles. The summed E-state index contributed by atoms with van der Waals surface area (Å²) in [7, 11) is 1.87. The first-order valence-electron chi connectivity index (χ1n) is 5.85. The number of carbonyl (C=O) groups excluding carboxylic acids is 1. The van der Waals surface area contributed by atoms with E-state index >= 15 is 0 Å². The molecule has 20 heavy (non-hydrogen) atoms. The Labute approximate surface area is 113 Å². The number of anilines is 1. The lowest BCUT2D eigenvalue weighted by atomic mass is 10.2. The molecule has 0 aliphatic carbocycles. The van der Waals surface area contributed by atoms with Crippen molar-refractivity contribution in [2.75, 3.05) is 5.32 Å². The lowest BCUT2D eigenvalue weighted by Crippen LogP contribution is -2.12. The lowest BCUT2D eigenvalue weighted by molar-refractivity contribution is 0.102. The smallest absolute Gasteiger partial charge is 0.277 e. The second-order valence-corrected chi connectivity index (χ2v) is 4.15. The molecular formula is C12H11N7O. The fraction of sp³-hybridized carbons (Fsp3) is 0.0833. The van der Waals surface area contributed by atoms with Gasteiger partial charge in [0.1, 0.15) is 6.33 Å². The summed E-state index contributed by atoms with van der Waals surface area (Å²) in [5.41, 5.74) is 1.83. The van der Waals surface area contributed by atoms with Crippen LogP contribution < -0.4 is 5.32 Å². The Hall–Kier alpha value is -3.03. The van der Waals surface area contributed by atoms with E-state index in [4.69, 9.17) is 0 Å². The Kier molecular flexibility index (Phi) is 2.96. The minimum atomic E-state index is -0.315. The van der Waals surface area contributed by atoms with Crippen LogP contribution >= 0.6 is 0 Å².